The number of aromatic nitrogens is 1. The van der Waals surface area contributed by atoms with E-state index in [9.17, 15) is 8.42 Å². The molecule has 0 radical (unpaired) electrons. The van der Waals surface area contributed by atoms with Crippen LogP contribution in [0.2, 0.25) is 0 Å². The molecule has 1 aromatic heterocycles. The second-order valence-corrected chi connectivity index (χ2v) is 10.9. The molecule has 5 aromatic rings. The lowest BCUT2D eigenvalue weighted by Crippen LogP contribution is -2.05. The van der Waals surface area contributed by atoms with Gasteiger partial charge in [-0.15, -0.1) is 0 Å². The normalized spacial score (nSPS) is 12.1. The maximum atomic E-state index is 14.0. The van der Waals surface area contributed by atoms with Gasteiger partial charge in [-0.3, -0.25) is 0 Å². The van der Waals surface area contributed by atoms with Crippen molar-refractivity contribution in [1.82, 2.24) is 4.98 Å². The summed E-state index contributed by atoms with van der Waals surface area (Å²) in [6.07, 6.45) is 1.72. The van der Waals surface area contributed by atoms with Crippen LogP contribution in [0, 0.1) is 0 Å². The Morgan fingerprint density at radius 1 is 0.800 bits per heavy atom. The zero-order valence-corrected chi connectivity index (χ0v) is 20.6. The summed E-state index contributed by atoms with van der Waals surface area (Å²) in [4.78, 5) is 5.76. The summed E-state index contributed by atoms with van der Waals surface area (Å²) in [6.45, 7) is 0. The van der Waals surface area contributed by atoms with Gasteiger partial charge in [0.25, 0.3) is 0 Å². The van der Waals surface area contributed by atoms with Crippen molar-refractivity contribution >= 4 is 43.5 Å². The molecule has 6 heteroatoms. The number of nitrogens with one attached hydrogen (secondary N) is 1. The van der Waals surface area contributed by atoms with Gasteiger partial charge < -0.3 is 9.72 Å². The first kappa shape index (κ1) is 23.0. The first-order chi connectivity index (χ1) is 17.1. The summed E-state index contributed by atoms with van der Waals surface area (Å²) < 4.78 is 33.3. The van der Waals surface area contributed by atoms with Crippen molar-refractivity contribution in [1.29, 1.82) is 0 Å². The first-order valence-corrected chi connectivity index (χ1v) is 13.4. The molecule has 0 unspecified atom stereocenters. The standard InChI is InChI=1S/C29H23NO3S2/c1-33-22-18-16-21(17-19-22)20-27(35(31,32)24-12-6-3-7-13-24)28-29(34-23-10-4-2-5-11-23)25-14-8-9-15-26(25)30-28/h2-20,30H,1H3/b27-20+. The van der Waals surface area contributed by atoms with Crippen LogP contribution in [0.4, 0.5) is 0 Å². The molecule has 1 N–H and O–H groups in total. The Bertz CT molecular complexity index is 1590. The number of hydrogen-bond acceptors (Lipinski definition) is 4. The Balaban J connectivity index is 1.76. The third kappa shape index (κ3) is 4.76. The molecule has 0 saturated carbocycles. The van der Waals surface area contributed by atoms with Gasteiger partial charge in [-0.1, -0.05) is 78.5 Å². The van der Waals surface area contributed by atoms with Crippen LogP contribution in [-0.2, 0) is 9.84 Å². The fourth-order valence-corrected chi connectivity index (χ4v) is 6.49. The van der Waals surface area contributed by atoms with E-state index in [4.69, 9.17) is 4.74 Å². The highest BCUT2D eigenvalue weighted by molar-refractivity contribution is 8.01. The van der Waals surface area contributed by atoms with Gasteiger partial charge >= 0.3 is 0 Å². The number of rotatable bonds is 7. The number of sulfone groups is 1. The number of H-pyrrole nitrogens is 1. The molecule has 35 heavy (non-hydrogen) atoms. The van der Waals surface area contributed by atoms with Gasteiger partial charge in [0.15, 0.2) is 0 Å². The first-order valence-electron chi connectivity index (χ1n) is 11.1. The van der Waals surface area contributed by atoms with Crippen LogP contribution in [0.3, 0.4) is 0 Å². The molecule has 0 bridgehead atoms. The van der Waals surface area contributed by atoms with E-state index in [1.54, 1.807) is 49.2 Å². The van der Waals surface area contributed by atoms with E-state index < -0.39 is 9.84 Å². The zero-order chi connectivity index (χ0) is 24.3. The second kappa shape index (κ2) is 9.86. The van der Waals surface area contributed by atoms with Gasteiger partial charge in [0.1, 0.15) is 5.75 Å². The molecule has 0 aliphatic heterocycles. The number of fused-ring (bicyclic) bond motifs is 1. The second-order valence-electron chi connectivity index (χ2n) is 7.89. The van der Waals surface area contributed by atoms with Crippen molar-refractivity contribution < 1.29 is 13.2 Å². The van der Waals surface area contributed by atoms with Gasteiger partial charge in [0.2, 0.25) is 9.84 Å². The molecule has 0 atom stereocenters. The third-order valence-corrected chi connectivity index (χ3v) is 8.55. The summed E-state index contributed by atoms with van der Waals surface area (Å²) in [7, 11) is -2.24. The van der Waals surface area contributed by atoms with E-state index in [1.807, 2.05) is 84.9 Å². The number of aromatic amines is 1. The fourth-order valence-electron chi connectivity index (χ4n) is 3.86. The van der Waals surface area contributed by atoms with E-state index in [2.05, 4.69) is 4.98 Å². The maximum absolute atomic E-state index is 14.0. The maximum Gasteiger partial charge on any atom is 0.208 e. The molecule has 0 fully saturated rings. The van der Waals surface area contributed by atoms with Crippen molar-refractivity contribution in [3.05, 3.63) is 120 Å². The Morgan fingerprint density at radius 2 is 1.43 bits per heavy atom. The molecule has 5 rings (SSSR count). The van der Waals surface area contributed by atoms with E-state index in [1.165, 1.54) is 0 Å². The fraction of sp³-hybridized carbons (Fsp3) is 0.0345. The van der Waals surface area contributed by atoms with Crippen LogP contribution >= 0.6 is 11.8 Å². The SMILES string of the molecule is COc1ccc(/C=C(\c2[nH]c3ccccc3c2Sc2ccccc2)S(=O)(=O)c2ccccc2)cc1. The molecule has 0 spiro atoms. The van der Waals surface area contributed by atoms with Crippen LogP contribution in [0.25, 0.3) is 21.9 Å². The lowest BCUT2D eigenvalue weighted by Gasteiger charge is -2.12. The van der Waals surface area contributed by atoms with Crippen molar-refractivity contribution in [3.8, 4) is 5.75 Å². The number of ether oxygens (including phenoxy) is 1. The summed E-state index contributed by atoms with van der Waals surface area (Å²) in [5.74, 6) is 0.709. The topological polar surface area (TPSA) is 59.2 Å². The highest BCUT2D eigenvalue weighted by Crippen LogP contribution is 2.42. The van der Waals surface area contributed by atoms with Gasteiger partial charge in [-0.2, -0.15) is 0 Å². The number of methoxy groups -OCH3 is 1. The molecule has 1 heterocycles. The zero-order valence-electron chi connectivity index (χ0n) is 19.0. The average molecular weight is 498 g/mol. The number of para-hydroxylation sites is 1. The van der Waals surface area contributed by atoms with Crippen LogP contribution in [-0.4, -0.2) is 20.5 Å². The van der Waals surface area contributed by atoms with Crippen LogP contribution in [0.15, 0.2) is 124 Å². The molecule has 0 saturated heterocycles. The van der Waals surface area contributed by atoms with Crippen molar-refractivity contribution in [3.63, 3.8) is 0 Å². The summed E-state index contributed by atoms with van der Waals surface area (Å²) in [6, 6.07) is 33.8. The predicted molar refractivity (Wildman–Crippen MR) is 143 cm³/mol. The predicted octanol–water partition coefficient (Wildman–Crippen LogP) is 7.30. The smallest absolute Gasteiger partial charge is 0.208 e. The summed E-state index contributed by atoms with van der Waals surface area (Å²) >= 11 is 1.55. The molecule has 0 aliphatic carbocycles. The Labute approximate surface area is 209 Å². The number of hydrogen-bond donors (Lipinski definition) is 1. The Kier molecular flexibility index (Phi) is 6.49. The van der Waals surface area contributed by atoms with Gasteiger partial charge in [0.05, 0.1) is 22.6 Å². The minimum absolute atomic E-state index is 0.212. The Morgan fingerprint density at radius 3 is 2.11 bits per heavy atom. The van der Waals surface area contributed by atoms with Gasteiger partial charge in [0, 0.05) is 20.7 Å². The van der Waals surface area contributed by atoms with Crippen molar-refractivity contribution in [2.75, 3.05) is 7.11 Å². The highest BCUT2D eigenvalue weighted by atomic mass is 32.2. The number of benzene rings is 4. The van der Waals surface area contributed by atoms with Crippen LogP contribution in [0.1, 0.15) is 11.3 Å². The van der Waals surface area contributed by atoms with Crippen LogP contribution < -0.4 is 4.74 Å². The van der Waals surface area contributed by atoms with E-state index in [0.717, 1.165) is 26.3 Å². The third-order valence-electron chi connectivity index (χ3n) is 5.62. The molecule has 174 valence electrons. The molecule has 4 aromatic carbocycles. The summed E-state index contributed by atoms with van der Waals surface area (Å²) in [5.41, 5.74) is 2.21. The minimum Gasteiger partial charge on any atom is -0.497 e. The molecule has 4 nitrogen and oxygen atoms in total. The molecular formula is C29H23NO3S2. The minimum atomic E-state index is -3.85. The lowest BCUT2D eigenvalue weighted by atomic mass is 10.2. The van der Waals surface area contributed by atoms with Gasteiger partial charge in [-0.05, 0) is 54.1 Å². The Hall–Kier alpha value is -3.74. The largest absolute Gasteiger partial charge is 0.497 e. The highest BCUT2D eigenvalue weighted by Gasteiger charge is 2.27. The monoisotopic (exact) mass is 497 g/mol. The van der Waals surface area contributed by atoms with Gasteiger partial charge in [-0.25, -0.2) is 8.42 Å². The molecular weight excluding hydrogens is 474 g/mol. The van der Waals surface area contributed by atoms with E-state index in [-0.39, 0.29) is 9.80 Å². The lowest BCUT2D eigenvalue weighted by molar-refractivity contribution is 0.415. The van der Waals surface area contributed by atoms with Crippen LogP contribution in [0.5, 0.6) is 5.75 Å². The van der Waals surface area contributed by atoms with Crippen molar-refractivity contribution in [2.24, 2.45) is 0 Å². The molecule has 0 aliphatic rings. The average Bonchev–Trinajstić information content (AvgIpc) is 3.26. The van der Waals surface area contributed by atoms with E-state index >= 15 is 0 Å². The van der Waals surface area contributed by atoms with Crippen molar-refractivity contribution in [2.45, 2.75) is 14.7 Å². The quantitative estimate of drug-likeness (QED) is 0.256. The summed E-state index contributed by atoms with van der Waals surface area (Å²) in [5, 5.41) is 0.972. The van der Waals surface area contributed by atoms with E-state index in [0.29, 0.717) is 11.4 Å². The molecule has 0 amide bonds.